The van der Waals surface area contributed by atoms with Crippen LogP contribution in [0.25, 0.3) is 0 Å². The molecule has 36 heavy (non-hydrogen) atoms. The summed E-state index contributed by atoms with van der Waals surface area (Å²) in [6.07, 6.45) is 1.84. The maximum Gasteiger partial charge on any atom is 0.165 e. The Bertz CT molecular complexity index is 1260. The monoisotopic (exact) mass is 567 g/mol. The highest BCUT2D eigenvalue weighted by molar-refractivity contribution is 9.10. The summed E-state index contributed by atoms with van der Waals surface area (Å²) in [5.74, 6) is 1.80. The first-order chi connectivity index (χ1) is 17.6. The molecule has 3 heterocycles. The van der Waals surface area contributed by atoms with Crippen LogP contribution in [-0.4, -0.2) is 60.6 Å². The maximum atomic E-state index is 6.06. The lowest BCUT2D eigenvalue weighted by Gasteiger charge is -2.43. The number of thiazole rings is 1. The Kier molecular flexibility index (Phi) is 7.71. The highest BCUT2D eigenvalue weighted by Gasteiger charge is 2.36. The fourth-order valence-corrected chi connectivity index (χ4v) is 5.97. The second-order valence-corrected chi connectivity index (χ2v) is 10.5. The van der Waals surface area contributed by atoms with Crippen LogP contribution >= 0.6 is 27.3 Å². The summed E-state index contributed by atoms with van der Waals surface area (Å²) in [5, 5.41) is 2.94. The van der Waals surface area contributed by atoms with E-state index in [0.29, 0.717) is 13.2 Å². The van der Waals surface area contributed by atoms with Crippen molar-refractivity contribution >= 4 is 38.8 Å². The van der Waals surface area contributed by atoms with Crippen molar-refractivity contribution in [3.63, 3.8) is 0 Å². The van der Waals surface area contributed by atoms with Gasteiger partial charge in [-0.25, -0.2) is 4.98 Å². The molecule has 1 aromatic heterocycles. The minimum absolute atomic E-state index is 0.183. The number of halogens is 1. The SMILES string of the molecule is CCOCC1=C2CN(Cc3ccc(OC)cc3)CCN2C(c2nccs2)=NC1c1ccc(N)cc1Br. The van der Waals surface area contributed by atoms with Gasteiger partial charge in [0.25, 0.3) is 0 Å². The second kappa shape index (κ2) is 11.1. The molecule has 2 aliphatic heterocycles. The summed E-state index contributed by atoms with van der Waals surface area (Å²) in [4.78, 5) is 14.7. The predicted octanol–water partition coefficient (Wildman–Crippen LogP) is 5.11. The molecule has 1 fully saturated rings. The van der Waals surface area contributed by atoms with E-state index in [9.17, 15) is 0 Å². The van der Waals surface area contributed by atoms with Gasteiger partial charge in [0.1, 0.15) is 11.8 Å². The van der Waals surface area contributed by atoms with Crippen LogP contribution in [0, 0.1) is 0 Å². The Hall–Kier alpha value is -2.72. The van der Waals surface area contributed by atoms with E-state index < -0.39 is 0 Å². The lowest BCUT2D eigenvalue weighted by Crippen LogP contribution is -2.49. The van der Waals surface area contributed by atoms with Crippen molar-refractivity contribution in [2.45, 2.75) is 19.5 Å². The summed E-state index contributed by atoms with van der Waals surface area (Å²) in [6.45, 7) is 6.64. The van der Waals surface area contributed by atoms with Gasteiger partial charge >= 0.3 is 0 Å². The van der Waals surface area contributed by atoms with Crippen molar-refractivity contribution in [2.75, 3.05) is 45.7 Å². The highest BCUT2D eigenvalue weighted by Crippen LogP contribution is 2.40. The van der Waals surface area contributed by atoms with E-state index >= 15 is 0 Å². The summed E-state index contributed by atoms with van der Waals surface area (Å²) in [6, 6.07) is 14.1. The number of fused-ring (bicyclic) bond motifs is 1. The van der Waals surface area contributed by atoms with Gasteiger partial charge in [-0.05, 0) is 42.3 Å². The second-order valence-electron chi connectivity index (χ2n) is 8.79. The van der Waals surface area contributed by atoms with Gasteiger partial charge in [-0.3, -0.25) is 9.89 Å². The van der Waals surface area contributed by atoms with E-state index in [1.807, 2.05) is 42.8 Å². The predicted molar refractivity (Wildman–Crippen MR) is 148 cm³/mol. The highest BCUT2D eigenvalue weighted by atomic mass is 79.9. The van der Waals surface area contributed by atoms with Gasteiger partial charge in [-0.15, -0.1) is 11.3 Å². The molecule has 188 valence electrons. The number of aromatic nitrogens is 1. The smallest absolute Gasteiger partial charge is 0.165 e. The Morgan fingerprint density at radius 1 is 1.17 bits per heavy atom. The zero-order valence-corrected chi connectivity index (χ0v) is 22.9. The zero-order chi connectivity index (χ0) is 25.1. The topological polar surface area (TPSA) is 76.2 Å². The zero-order valence-electron chi connectivity index (χ0n) is 20.5. The quantitative estimate of drug-likeness (QED) is 0.381. The lowest BCUT2D eigenvalue weighted by molar-refractivity contribution is 0.156. The molecule has 0 radical (unpaired) electrons. The summed E-state index contributed by atoms with van der Waals surface area (Å²) >= 11 is 5.36. The number of benzene rings is 2. The number of nitrogens with two attached hydrogens (primary N) is 1. The fourth-order valence-electron chi connectivity index (χ4n) is 4.71. The Balaban J connectivity index is 1.54. The molecule has 0 saturated carbocycles. The van der Waals surface area contributed by atoms with E-state index in [0.717, 1.165) is 58.5 Å². The van der Waals surface area contributed by atoms with Gasteiger partial charge in [-0.2, -0.15) is 0 Å². The lowest BCUT2D eigenvalue weighted by atomic mass is 9.94. The van der Waals surface area contributed by atoms with E-state index in [2.05, 4.69) is 48.9 Å². The summed E-state index contributed by atoms with van der Waals surface area (Å²) < 4.78 is 12.3. The molecule has 0 bridgehead atoms. The van der Waals surface area contributed by atoms with Crippen molar-refractivity contribution in [1.82, 2.24) is 14.8 Å². The third-order valence-electron chi connectivity index (χ3n) is 6.52. The molecule has 0 amide bonds. The number of nitrogens with zero attached hydrogens (tertiary/aromatic N) is 4. The van der Waals surface area contributed by atoms with Crippen LogP contribution in [0.5, 0.6) is 5.75 Å². The number of anilines is 1. The van der Waals surface area contributed by atoms with Crippen LogP contribution in [0.1, 0.15) is 29.1 Å². The van der Waals surface area contributed by atoms with E-state index in [4.69, 9.17) is 20.2 Å². The van der Waals surface area contributed by atoms with Crippen LogP contribution < -0.4 is 10.5 Å². The van der Waals surface area contributed by atoms with Gasteiger partial charge in [0, 0.05) is 65.8 Å². The van der Waals surface area contributed by atoms with Gasteiger partial charge in [0.05, 0.1) is 13.7 Å². The van der Waals surface area contributed by atoms with Gasteiger partial charge in [0.15, 0.2) is 10.8 Å². The largest absolute Gasteiger partial charge is 0.497 e. The molecule has 3 aromatic rings. The molecule has 1 saturated heterocycles. The number of rotatable bonds is 8. The molecular formula is C27H30BrN5O2S. The molecule has 9 heteroatoms. The standard InChI is InChI=1S/C27H30BrN5O2S/c1-3-35-17-22-24-16-32(15-18-4-7-20(34-2)8-5-18)11-12-33(24)26(27-30-10-13-36-27)31-25(22)21-9-6-19(29)14-23(21)28/h4-10,13-14,25H,3,11-12,15-17,29H2,1-2H3. The maximum absolute atomic E-state index is 6.06. The normalized spacial score (nSPS) is 18.2. The number of piperazine rings is 1. The molecule has 1 unspecified atom stereocenters. The van der Waals surface area contributed by atoms with Crippen LogP contribution in [0.15, 0.2) is 74.8 Å². The van der Waals surface area contributed by atoms with Gasteiger partial charge < -0.3 is 20.1 Å². The molecule has 5 rings (SSSR count). The molecule has 2 aliphatic rings. The number of methoxy groups -OCH3 is 1. The number of nitrogen functional groups attached to an aromatic ring is 1. The molecule has 2 N–H and O–H groups in total. The van der Waals surface area contributed by atoms with Crippen LogP contribution in [0.4, 0.5) is 5.69 Å². The van der Waals surface area contributed by atoms with Crippen molar-refractivity contribution in [2.24, 2.45) is 4.99 Å². The van der Waals surface area contributed by atoms with Crippen molar-refractivity contribution in [1.29, 1.82) is 0 Å². The number of ether oxygens (including phenoxy) is 2. The van der Waals surface area contributed by atoms with Gasteiger partial charge in [0.2, 0.25) is 0 Å². The summed E-state index contributed by atoms with van der Waals surface area (Å²) in [7, 11) is 1.70. The summed E-state index contributed by atoms with van der Waals surface area (Å²) in [5.41, 5.74) is 11.5. The van der Waals surface area contributed by atoms with E-state index in [1.54, 1.807) is 18.4 Å². The number of amidine groups is 1. The van der Waals surface area contributed by atoms with E-state index in [1.165, 1.54) is 16.8 Å². The molecule has 7 nitrogen and oxygen atoms in total. The molecular weight excluding hydrogens is 538 g/mol. The third-order valence-corrected chi connectivity index (χ3v) is 7.97. The minimum Gasteiger partial charge on any atom is -0.497 e. The first-order valence-electron chi connectivity index (χ1n) is 12.0. The van der Waals surface area contributed by atoms with Crippen LogP contribution in [0.2, 0.25) is 0 Å². The number of aliphatic imine (C=N–C) groups is 1. The first kappa shape index (κ1) is 25.0. The number of hydrogen-bond acceptors (Lipinski definition) is 8. The fraction of sp³-hybridized carbons (Fsp3) is 0.333. The Morgan fingerprint density at radius 2 is 2.00 bits per heavy atom. The van der Waals surface area contributed by atoms with Crippen molar-refractivity contribution in [3.8, 4) is 5.75 Å². The van der Waals surface area contributed by atoms with Crippen molar-refractivity contribution < 1.29 is 9.47 Å². The molecule has 0 spiro atoms. The average molecular weight is 569 g/mol. The minimum atomic E-state index is -0.183. The molecule has 0 aliphatic carbocycles. The van der Waals surface area contributed by atoms with E-state index in [-0.39, 0.29) is 6.04 Å². The van der Waals surface area contributed by atoms with Gasteiger partial charge in [-0.1, -0.05) is 34.1 Å². The van der Waals surface area contributed by atoms with Crippen molar-refractivity contribution in [3.05, 3.63) is 85.9 Å². The number of hydrogen-bond donors (Lipinski definition) is 1. The Morgan fingerprint density at radius 3 is 2.69 bits per heavy atom. The molecule has 1 atom stereocenters. The average Bonchev–Trinajstić information content (AvgIpc) is 3.42. The van der Waals surface area contributed by atoms with Crippen LogP contribution in [0.3, 0.4) is 0 Å². The first-order valence-corrected chi connectivity index (χ1v) is 13.7. The Labute approximate surface area is 224 Å². The third kappa shape index (κ3) is 5.20. The molecule has 2 aromatic carbocycles. The van der Waals surface area contributed by atoms with Crippen LogP contribution in [-0.2, 0) is 11.3 Å².